The van der Waals surface area contributed by atoms with Crippen molar-refractivity contribution >= 4 is 11.6 Å². The number of benzene rings is 2. The van der Waals surface area contributed by atoms with E-state index in [2.05, 4.69) is 4.90 Å². The maximum Gasteiger partial charge on any atom is 0.416 e. The van der Waals surface area contributed by atoms with E-state index in [0.29, 0.717) is 16.7 Å². The third kappa shape index (κ3) is 3.78. The minimum atomic E-state index is -4.39. The monoisotopic (exact) mass is 348 g/mol. The van der Waals surface area contributed by atoms with Crippen LogP contribution in [0.2, 0.25) is 0 Å². The van der Waals surface area contributed by atoms with Crippen LogP contribution in [0.15, 0.2) is 42.5 Å². The number of anilines is 1. The number of nitrogens with two attached hydrogens (primary N) is 1. The Morgan fingerprint density at radius 2 is 1.60 bits per heavy atom. The van der Waals surface area contributed by atoms with Crippen molar-refractivity contribution in [2.24, 2.45) is 5.73 Å². The van der Waals surface area contributed by atoms with Crippen molar-refractivity contribution in [3.05, 3.63) is 53.6 Å². The van der Waals surface area contributed by atoms with Crippen LogP contribution in [0.25, 0.3) is 11.1 Å². The van der Waals surface area contributed by atoms with Crippen LogP contribution in [0.3, 0.4) is 0 Å². The van der Waals surface area contributed by atoms with Gasteiger partial charge in [-0.1, -0.05) is 18.2 Å². The summed E-state index contributed by atoms with van der Waals surface area (Å²) >= 11 is 0. The summed E-state index contributed by atoms with van der Waals surface area (Å²) in [4.78, 5) is 14.1. The average molecular weight is 348 g/mol. The number of hydrogen-bond acceptors (Lipinski definition) is 2. The molecule has 2 aromatic carbocycles. The highest BCUT2D eigenvalue weighted by atomic mass is 19.4. The molecule has 0 bridgehead atoms. The third-order valence-electron chi connectivity index (χ3n) is 4.51. The molecule has 1 fully saturated rings. The number of carbonyl (C=O) groups excluding carboxylic acids is 1. The molecule has 2 aromatic rings. The number of carbonyl (C=O) groups is 1. The standard InChI is InChI=1S/C19H19F3N2O/c20-19(21,22)14-6-4-13(5-7-14)16-9-8-15(12-17(16)18(23)25)24-10-2-1-3-11-24/h4-9,12H,1-3,10-11H2,(H2,23,25). The van der Waals surface area contributed by atoms with Gasteiger partial charge in [-0.25, -0.2) is 0 Å². The van der Waals surface area contributed by atoms with Crippen LogP contribution < -0.4 is 10.6 Å². The van der Waals surface area contributed by atoms with E-state index in [1.54, 1.807) is 12.1 Å². The zero-order valence-corrected chi connectivity index (χ0v) is 13.6. The number of rotatable bonds is 3. The van der Waals surface area contributed by atoms with E-state index in [9.17, 15) is 18.0 Å². The Bertz CT molecular complexity index is 763. The van der Waals surface area contributed by atoms with Crippen molar-refractivity contribution < 1.29 is 18.0 Å². The van der Waals surface area contributed by atoms with Crippen LogP contribution in [0.4, 0.5) is 18.9 Å². The maximum atomic E-state index is 12.7. The molecule has 0 saturated carbocycles. The van der Waals surface area contributed by atoms with Gasteiger partial charge in [0, 0.05) is 24.3 Å². The van der Waals surface area contributed by atoms with E-state index in [1.165, 1.54) is 18.6 Å². The first-order valence-electron chi connectivity index (χ1n) is 8.23. The molecule has 3 rings (SSSR count). The number of hydrogen-bond donors (Lipinski definition) is 1. The molecule has 3 nitrogen and oxygen atoms in total. The van der Waals surface area contributed by atoms with Gasteiger partial charge in [-0.05, 0) is 54.7 Å². The minimum Gasteiger partial charge on any atom is -0.372 e. The Labute approximate surface area is 144 Å². The quantitative estimate of drug-likeness (QED) is 0.890. The van der Waals surface area contributed by atoms with E-state index >= 15 is 0 Å². The zero-order chi connectivity index (χ0) is 18.0. The van der Waals surface area contributed by atoms with Gasteiger partial charge < -0.3 is 10.6 Å². The van der Waals surface area contributed by atoms with Gasteiger partial charge in [-0.3, -0.25) is 4.79 Å². The summed E-state index contributed by atoms with van der Waals surface area (Å²) in [5.41, 5.74) is 7.11. The molecular formula is C19H19F3N2O. The first-order chi connectivity index (χ1) is 11.9. The predicted molar refractivity (Wildman–Crippen MR) is 91.5 cm³/mol. The highest BCUT2D eigenvalue weighted by molar-refractivity contribution is 6.01. The molecular weight excluding hydrogens is 329 g/mol. The van der Waals surface area contributed by atoms with E-state index in [1.807, 2.05) is 6.07 Å². The molecule has 0 spiro atoms. The average Bonchev–Trinajstić information content (AvgIpc) is 2.61. The molecule has 2 N–H and O–H groups in total. The molecule has 1 aliphatic heterocycles. The number of alkyl halides is 3. The second-order valence-electron chi connectivity index (χ2n) is 6.22. The third-order valence-corrected chi connectivity index (χ3v) is 4.51. The summed E-state index contributed by atoms with van der Waals surface area (Å²) < 4.78 is 38.1. The molecule has 0 aliphatic carbocycles. The second-order valence-corrected chi connectivity index (χ2v) is 6.22. The van der Waals surface area contributed by atoms with Crippen molar-refractivity contribution in [3.8, 4) is 11.1 Å². The van der Waals surface area contributed by atoms with Crippen molar-refractivity contribution in [1.82, 2.24) is 0 Å². The highest BCUT2D eigenvalue weighted by Gasteiger charge is 2.30. The number of amides is 1. The van der Waals surface area contributed by atoms with Gasteiger partial charge in [0.15, 0.2) is 0 Å². The molecule has 0 radical (unpaired) electrons. The Hall–Kier alpha value is -2.50. The van der Waals surface area contributed by atoms with E-state index < -0.39 is 17.6 Å². The Kier molecular flexibility index (Phi) is 4.70. The van der Waals surface area contributed by atoms with Crippen LogP contribution in [0.1, 0.15) is 35.2 Å². The van der Waals surface area contributed by atoms with Crippen LogP contribution in [-0.2, 0) is 6.18 Å². The van der Waals surface area contributed by atoms with E-state index in [0.717, 1.165) is 43.8 Å². The van der Waals surface area contributed by atoms with Gasteiger partial charge in [-0.15, -0.1) is 0 Å². The van der Waals surface area contributed by atoms with Gasteiger partial charge >= 0.3 is 6.18 Å². The minimum absolute atomic E-state index is 0.322. The van der Waals surface area contributed by atoms with Crippen LogP contribution in [0, 0.1) is 0 Å². The number of halogens is 3. The lowest BCUT2D eigenvalue weighted by molar-refractivity contribution is -0.137. The first kappa shape index (κ1) is 17.3. The summed E-state index contributed by atoms with van der Waals surface area (Å²) in [7, 11) is 0. The normalized spacial score (nSPS) is 15.2. The second kappa shape index (κ2) is 6.78. The lowest BCUT2D eigenvalue weighted by Gasteiger charge is -2.29. The first-order valence-corrected chi connectivity index (χ1v) is 8.23. The molecule has 1 saturated heterocycles. The maximum absolute atomic E-state index is 12.7. The van der Waals surface area contributed by atoms with Gasteiger partial charge in [0.25, 0.3) is 0 Å². The van der Waals surface area contributed by atoms with Gasteiger partial charge in [-0.2, -0.15) is 13.2 Å². The zero-order valence-electron chi connectivity index (χ0n) is 13.6. The summed E-state index contributed by atoms with van der Waals surface area (Å²) in [6.45, 7) is 1.86. The number of nitrogens with zero attached hydrogens (tertiary/aromatic N) is 1. The molecule has 0 atom stereocenters. The van der Waals surface area contributed by atoms with Crippen LogP contribution in [-0.4, -0.2) is 19.0 Å². The van der Waals surface area contributed by atoms with E-state index in [4.69, 9.17) is 5.73 Å². The summed E-state index contributed by atoms with van der Waals surface area (Å²) in [6, 6.07) is 10.1. The van der Waals surface area contributed by atoms with Crippen molar-refractivity contribution in [1.29, 1.82) is 0 Å². The molecule has 6 heteroatoms. The lowest BCUT2D eigenvalue weighted by atomic mass is 9.97. The fourth-order valence-electron chi connectivity index (χ4n) is 3.18. The highest BCUT2D eigenvalue weighted by Crippen LogP contribution is 2.33. The lowest BCUT2D eigenvalue weighted by Crippen LogP contribution is -2.29. The van der Waals surface area contributed by atoms with Crippen molar-refractivity contribution in [2.45, 2.75) is 25.4 Å². The van der Waals surface area contributed by atoms with E-state index in [-0.39, 0.29) is 0 Å². The van der Waals surface area contributed by atoms with Gasteiger partial charge in [0.1, 0.15) is 0 Å². The summed E-state index contributed by atoms with van der Waals surface area (Å²) in [5.74, 6) is -0.589. The molecule has 0 unspecified atom stereocenters. The van der Waals surface area contributed by atoms with Gasteiger partial charge in [0.05, 0.1) is 5.56 Å². The number of piperidine rings is 1. The smallest absolute Gasteiger partial charge is 0.372 e. The van der Waals surface area contributed by atoms with Gasteiger partial charge in [0.2, 0.25) is 5.91 Å². The van der Waals surface area contributed by atoms with Crippen LogP contribution in [0.5, 0.6) is 0 Å². The molecule has 1 heterocycles. The van der Waals surface area contributed by atoms with Crippen molar-refractivity contribution in [2.75, 3.05) is 18.0 Å². The Morgan fingerprint density at radius 3 is 2.16 bits per heavy atom. The SMILES string of the molecule is NC(=O)c1cc(N2CCCCC2)ccc1-c1ccc(C(F)(F)F)cc1. The molecule has 25 heavy (non-hydrogen) atoms. The topological polar surface area (TPSA) is 46.3 Å². The molecule has 1 amide bonds. The van der Waals surface area contributed by atoms with Crippen LogP contribution >= 0.6 is 0 Å². The summed E-state index contributed by atoms with van der Waals surface area (Å²) in [5, 5.41) is 0. The Balaban J connectivity index is 1.96. The largest absolute Gasteiger partial charge is 0.416 e. The predicted octanol–water partition coefficient (Wildman–Crippen LogP) is 4.46. The fraction of sp³-hybridized carbons (Fsp3) is 0.316. The summed E-state index contributed by atoms with van der Waals surface area (Å²) in [6.07, 6.45) is -0.981. The molecule has 132 valence electrons. The van der Waals surface area contributed by atoms with Crippen molar-refractivity contribution in [3.63, 3.8) is 0 Å². The Morgan fingerprint density at radius 1 is 0.960 bits per heavy atom. The molecule has 0 aromatic heterocycles. The number of primary amides is 1. The molecule has 1 aliphatic rings. The fourth-order valence-corrected chi connectivity index (χ4v) is 3.18.